The van der Waals surface area contributed by atoms with Crippen LogP contribution in [0, 0.1) is 0 Å². The summed E-state index contributed by atoms with van der Waals surface area (Å²) < 4.78 is 25.5. The Bertz CT molecular complexity index is 1400. The van der Waals surface area contributed by atoms with Crippen molar-refractivity contribution in [2.75, 3.05) is 6.61 Å². The van der Waals surface area contributed by atoms with E-state index in [4.69, 9.17) is 18.9 Å². The van der Waals surface area contributed by atoms with Gasteiger partial charge in [0.15, 0.2) is 0 Å². The summed E-state index contributed by atoms with van der Waals surface area (Å²) in [7, 11) is 0. The molecule has 0 saturated carbocycles. The lowest BCUT2D eigenvalue weighted by atomic mass is 9.88. The molecule has 1 fully saturated rings. The van der Waals surface area contributed by atoms with Gasteiger partial charge in [0.05, 0.1) is 38.6 Å². The van der Waals surface area contributed by atoms with E-state index >= 15 is 0 Å². The van der Waals surface area contributed by atoms with Gasteiger partial charge in [0.25, 0.3) is 0 Å². The fraction of sp³-hybridized carbons (Fsp3) is 0.289. The minimum absolute atomic E-state index is 0.179. The second-order valence-electron chi connectivity index (χ2n) is 11.0. The van der Waals surface area contributed by atoms with E-state index in [0.717, 1.165) is 22.3 Å². The molecule has 0 unspecified atom stereocenters. The molecule has 1 saturated heterocycles. The van der Waals surface area contributed by atoms with E-state index in [1.54, 1.807) is 0 Å². The van der Waals surface area contributed by atoms with E-state index in [2.05, 4.69) is 18.7 Å². The predicted molar refractivity (Wildman–Crippen MR) is 172 cm³/mol. The molecule has 0 N–H and O–H groups in total. The number of ether oxygens (including phenoxy) is 4. The van der Waals surface area contributed by atoms with Crippen molar-refractivity contribution in [3.05, 3.63) is 156 Å². The van der Waals surface area contributed by atoms with Gasteiger partial charge in [-0.3, -0.25) is 4.90 Å². The molecule has 6 nitrogen and oxygen atoms in total. The number of likely N-dealkylation sites (tertiary alicyclic amines) is 1. The summed E-state index contributed by atoms with van der Waals surface area (Å²) in [5.41, 5.74) is 4.11. The smallest absolute Gasteiger partial charge is 0.410 e. The topological polar surface area (TPSA) is 57.2 Å². The van der Waals surface area contributed by atoms with Crippen molar-refractivity contribution in [2.45, 2.75) is 63.6 Å². The summed E-state index contributed by atoms with van der Waals surface area (Å²) in [6.45, 7) is 5.67. The van der Waals surface area contributed by atoms with Crippen LogP contribution in [-0.2, 0) is 45.4 Å². The average Bonchev–Trinajstić information content (AvgIpc) is 3.08. The Labute approximate surface area is 260 Å². The fourth-order valence-corrected chi connectivity index (χ4v) is 5.65. The molecular formula is C38H41NO5. The highest BCUT2D eigenvalue weighted by atomic mass is 16.6. The van der Waals surface area contributed by atoms with Gasteiger partial charge in [-0.15, -0.1) is 6.58 Å². The average molecular weight is 592 g/mol. The fourth-order valence-electron chi connectivity index (χ4n) is 5.65. The van der Waals surface area contributed by atoms with Crippen molar-refractivity contribution in [1.82, 2.24) is 4.90 Å². The third-order valence-electron chi connectivity index (χ3n) is 7.85. The largest absolute Gasteiger partial charge is 0.445 e. The minimum Gasteiger partial charge on any atom is -0.445 e. The summed E-state index contributed by atoms with van der Waals surface area (Å²) in [5.74, 6) is 0. The lowest BCUT2D eigenvalue weighted by molar-refractivity contribution is -0.164. The summed E-state index contributed by atoms with van der Waals surface area (Å²) >= 11 is 0. The Morgan fingerprint density at radius 3 is 1.68 bits per heavy atom. The van der Waals surface area contributed by atoms with E-state index in [1.165, 1.54) is 0 Å². The van der Waals surface area contributed by atoms with Crippen molar-refractivity contribution in [3.63, 3.8) is 0 Å². The number of piperidine rings is 1. The van der Waals surface area contributed by atoms with Gasteiger partial charge >= 0.3 is 6.09 Å². The third kappa shape index (κ3) is 8.89. The van der Waals surface area contributed by atoms with Gasteiger partial charge in [-0.2, -0.15) is 0 Å². The van der Waals surface area contributed by atoms with Crippen molar-refractivity contribution in [2.24, 2.45) is 0 Å². The van der Waals surface area contributed by atoms with E-state index in [1.807, 2.05) is 120 Å². The number of carbonyl (C=O) groups excluding carboxylic acids is 1. The molecular weight excluding hydrogens is 550 g/mol. The quantitative estimate of drug-likeness (QED) is 0.141. The van der Waals surface area contributed by atoms with Gasteiger partial charge < -0.3 is 18.9 Å². The monoisotopic (exact) mass is 591 g/mol. The van der Waals surface area contributed by atoms with Crippen molar-refractivity contribution in [3.8, 4) is 0 Å². The van der Waals surface area contributed by atoms with Crippen LogP contribution in [0.5, 0.6) is 0 Å². The lowest BCUT2D eigenvalue weighted by Gasteiger charge is -2.48. The third-order valence-corrected chi connectivity index (χ3v) is 7.85. The first-order valence-electron chi connectivity index (χ1n) is 15.2. The number of carbonyl (C=O) groups is 1. The van der Waals surface area contributed by atoms with Crippen LogP contribution in [0.15, 0.2) is 134 Å². The Kier molecular flexibility index (Phi) is 11.8. The zero-order chi connectivity index (χ0) is 30.4. The van der Waals surface area contributed by atoms with Crippen LogP contribution < -0.4 is 0 Å². The molecule has 4 atom stereocenters. The number of hydrogen-bond donors (Lipinski definition) is 0. The Morgan fingerprint density at radius 1 is 0.682 bits per heavy atom. The molecule has 1 heterocycles. The van der Waals surface area contributed by atoms with Gasteiger partial charge in [-0.1, -0.05) is 127 Å². The first-order chi connectivity index (χ1) is 21.7. The van der Waals surface area contributed by atoms with Gasteiger partial charge in [-0.05, 0) is 35.1 Å². The molecule has 0 radical (unpaired) electrons. The molecule has 0 aliphatic carbocycles. The molecule has 228 valence electrons. The van der Waals surface area contributed by atoms with Gasteiger partial charge in [0.1, 0.15) is 12.7 Å². The SMILES string of the molecule is C=CC[C@@H]1C[C@@H](OCc2ccccc2)[C@H](OCc2ccccc2)[C@H](COCc2ccccc2)N1C(=O)OCc1ccccc1. The molecule has 4 aromatic rings. The number of benzene rings is 4. The van der Waals surface area contributed by atoms with Crippen LogP contribution in [0.3, 0.4) is 0 Å². The van der Waals surface area contributed by atoms with E-state index < -0.39 is 18.2 Å². The van der Waals surface area contributed by atoms with Crippen LogP contribution in [-0.4, -0.2) is 41.9 Å². The number of hydrogen-bond acceptors (Lipinski definition) is 5. The van der Waals surface area contributed by atoms with E-state index in [-0.39, 0.29) is 25.4 Å². The normalized spacial score (nSPS) is 19.8. The molecule has 0 spiro atoms. The molecule has 4 aromatic carbocycles. The molecule has 0 aromatic heterocycles. The number of nitrogens with zero attached hydrogens (tertiary/aromatic N) is 1. The molecule has 1 aliphatic heterocycles. The Balaban J connectivity index is 1.42. The van der Waals surface area contributed by atoms with Crippen LogP contribution in [0.2, 0.25) is 0 Å². The molecule has 1 aliphatic rings. The first kappa shape index (κ1) is 31.2. The second kappa shape index (κ2) is 16.6. The van der Waals surface area contributed by atoms with Crippen molar-refractivity contribution in [1.29, 1.82) is 0 Å². The summed E-state index contributed by atoms with van der Waals surface area (Å²) in [6, 6.07) is 39.3. The molecule has 6 heteroatoms. The maximum absolute atomic E-state index is 13.9. The maximum Gasteiger partial charge on any atom is 0.410 e. The standard InChI is InChI=1S/C38H41NO5/c1-2-15-34-24-36(42-26-31-18-9-4-10-19-31)37(43-27-32-20-11-5-12-21-32)35(29-41-25-30-16-7-3-8-17-30)39(34)38(40)44-28-33-22-13-6-14-23-33/h2-14,16-23,34-37H,1,15,24-29H2/t34-,35+,36-,37-/m1/s1. The van der Waals surface area contributed by atoms with E-state index in [9.17, 15) is 4.79 Å². The molecule has 5 rings (SSSR count). The number of amides is 1. The summed E-state index contributed by atoms with van der Waals surface area (Å²) in [6.07, 6.45) is 1.88. The van der Waals surface area contributed by atoms with Crippen LogP contribution in [0.25, 0.3) is 0 Å². The predicted octanol–water partition coefficient (Wildman–Crippen LogP) is 7.73. The highest BCUT2D eigenvalue weighted by Gasteiger charge is 2.47. The summed E-state index contributed by atoms with van der Waals surface area (Å²) in [4.78, 5) is 15.7. The molecule has 0 bridgehead atoms. The highest BCUT2D eigenvalue weighted by Crippen LogP contribution is 2.33. The molecule has 1 amide bonds. The van der Waals surface area contributed by atoms with Gasteiger partial charge in [-0.25, -0.2) is 4.79 Å². The summed E-state index contributed by atoms with van der Waals surface area (Å²) in [5, 5.41) is 0. The van der Waals surface area contributed by atoms with Crippen LogP contribution in [0.4, 0.5) is 4.79 Å². The van der Waals surface area contributed by atoms with Crippen LogP contribution in [0.1, 0.15) is 35.1 Å². The first-order valence-corrected chi connectivity index (χ1v) is 15.2. The highest BCUT2D eigenvalue weighted by molar-refractivity contribution is 5.69. The second-order valence-corrected chi connectivity index (χ2v) is 11.0. The van der Waals surface area contributed by atoms with Gasteiger partial charge in [0.2, 0.25) is 0 Å². The Morgan fingerprint density at radius 2 is 1.16 bits per heavy atom. The zero-order valence-corrected chi connectivity index (χ0v) is 25.1. The van der Waals surface area contributed by atoms with Crippen molar-refractivity contribution >= 4 is 6.09 Å². The molecule has 44 heavy (non-hydrogen) atoms. The Hall–Kier alpha value is -4.23. The van der Waals surface area contributed by atoms with Gasteiger partial charge in [0, 0.05) is 6.04 Å². The van der Waals surface area contributed by atoms with E-state index in [0.29, 0.717) is 32.7 Å². The minimum atomic E-state index is -0.458. The van der Waals surface area contributed by atoms with Crippen molar-refractivity contribution < 1.29 is 23.7 Å². The lowest BCUT2D eigenvalue weighted by Crippen LogP contribution is -2.63. The number of rotatable bonds is 14. The maximum atomic E-state index is 13.9. The van der Waals surface area contributed by atoms with Crippen LogP contribution >= 0.6 is 0 Å². The zero-order valence-electron chi connectivity index (χ0n) is 25.1.